The molecule has 0 bridgehead atoms. The first-order valence-electron chi connectivity index (χ1n) is 4.26. The summed E-state index contributed by atoms with van der Waals surface area (Å²) in [5.74, 6) is -0.101. The van der Waals surface area contributed by atoms with E-state index in [0.717, 1.165) is 4.31 Å². The standard InChI is InChI=1S/C7H13F2NO2S/c1-2-13(11,12)10-5-3-4-6(10)7(8)9/h6-7H,2-5H2,1H3/t6-/m1/s1. The van der Waals surface area contributed by atoms with E-state index >= 15 is 0 Å². The van der Waals surface area contributed by atoms with Crippen LogP contribution in [0.4, 0.5) is 8.78 Å². The lowest BCUT2D eigenvalue weighted by atomic mass is 10.2. The Balaban J connectivity index is 2.80. The van der Waals surface area contributed by atoms with Crippen molar-refractivity contribution in [2.75, 3.05) is 12.3 Å². The molecular weight excluding hydrogens is 200 g/mol. The molecule has 1 atom stereocenters. The molecule has 0 amide bonds. The van der Waals surface area contributed by atoms with Crippen molar-refractivity contribution in [3.8, 4) is 0 Å². The van der Waals surface area contributed by atoms with Gasteiger partial charge in [0.25, 0.3) is 6.43 Å². The van der Waals surface area contributed by atoms with E-state index in [0.29, 0.717) is 6.42 Å². The molecule has 3 nitrogen and oxygen atoms in total. The van der Waals surface area contributed by atoms with Crippen LogP contribution in [0.1, 0.15) is 19.8 Å². The Labute approximate surface area is 76.8 Å². The van der Waals surface area contributed by atoms with Crippen LogP contribution in [0.5, 0.6) is 0 Å². The molecule has 1 saturated heterocycles. The molecule has 1 aliphatic rings. The zero-order valence-corrected chi connectivity index (χ0v) is 8.23. The summed E-state index contributed by atoms with van der Waals surface area (Å²) in [5.41, 5.74) is 0. The van der Waals surface area contributed by atoms with Crippen LogP contribution in [0.3, 0.4) is 0 Å². The second-order valence-electron chi connectivity index (χ2n) is 3.06. The third-order valence-electron chi connectivity index (χ3n) is 2.26. The maximum Gasteiger partial charge on any atom is 0.254 e. The SMILES string of the molecule is CCS(=O)(=O)N1CCC[C@@H]1C(F)F. The minimum atomic E-state index is -3.44. The Bertz CT molecular complexity index is 266. The summed E-state index contributed by atoms with van der Waals surface area (Å²) in [7, 11) is -3.44. The molecule has 1 heterocycles. The molecule has 0 saturated carbocycles. The summed E-state index contributed by atoms with van der Waals surface area (Å²) in [6.07, 6.45) is -1.76. The molecule has 0 aliphatic carbocycles. The van der Waals surface area contributed by atoms with Crippen molar-refractivity contribution in [1.82, 2.24) is 4.31 Å². The minimum Gasteiger partial charge on any atom is -0.212 e. The van der Waals surface area contributed by atoms with Crippen molar-refractivity contribution in [3.05, 3.63) is 0 Å². The highest BCUT2D eigenvalue weighted by atomic mass is 32.2. The minimum absolute atomic E-state index is 0.101. The number of hydrogen-bond acceptors (Lipinski definition) is 2. The summed E-state index contributed by atoms with van der Waals surface area (Å²) in [5, 5.41) is 0. The maximum absolute atomic E-state index is 12.4. The van der Waals surface area contributed by atoms with Crippen LogP contribution < -0.4 is 0 Å². The number of halogens is 2. The Morgan fingerprint density at radius 2 is 2.15 bits per heavy atom. The van der Waals surface area contributed by atoms with Crippen LogP contribution in [0.25, 0.3) is 0 Å². The van der Waals surface area contributed by atoms with Gasteiger partial charge in [-0.3, -0.25) is 0 Å². The lowest BCUT2D eigenvalue weighted by Crippen LogP contribution is -2.40. The molecule has 13 heavy (non-hydrogen) atoms. The molecule has 78 valence electrons. The van der Waals surface area contributed by atoms with Gasteiger partial charge in [0.15, 0.2) is 0 Å². The first kappa shape index (κ1) is 10.8. The van der Waals surface area contributed by atoms with E-state index in [1.54, 1.807) is 0 Å². The molecule has 0 aromatic rings. The summed E-state index contributed by atoms with van der Waals surface area (Å²) in [6, 6.07) is -1.09. The van der Waals surface area contributed by atoms with Crippen LogP contribution in [-0.2, 0) is 10.0 Å². The van der Waals surface area contributed by atoms with E-state index in [2.05, 4.69) is 0 Å². The molecule has 1 rings (SSSR count). The molecule has 1 aliphatic heterocycles. The van der Waals surface area contributed by atoms with Gasteiger partial charge < -0.3 is 0 Å². The molecule has 0 aromatic heterocycles. The van der Waals surface area contributed by atoms with Crippen LogP contribution in [0.15, 0.2) is 0 Å². The molecule has 0 spiro atoms. The number of hydrogen-bond donors (Lipinski definition) is 0. The third-order valence-corrected chi connectivity index (χ3v) is 4.16. The Morgan fingerprint density at radius 3 is 2.62 bits per heavy atom. The van der Waals surface area contributed by atoms with Crippen molar-refractivity contribution in [2.45, 2.75) is 32.2 Å². The second kappa shape index (κ2) is 3.88. The Morgan fingerprint density at radius 1 is 1.54 bits per heavy atom. The number of alkyl halides is 2. The predicted molar refractivity (Wildman–Crippen MR) is 45.2 cm³/mol. The van der Waals surface area contributed by atoms with Gasteiger partial charge in [0, 0.05) is 6.54 Å². The zero-order valence-electron chi connectivity index (χ0n) is 7.41. The highest BCUT2D eigenvalue weighted by Gasteiger charge is 2.38. The van der Waals surface area contributed by atoms with E-state index in [9.17, 15) is 17.2 Å². The molecule has 0 N–H and O–H groups in total. The van der Waals surface area contributed by atoms with Gasteiger partial charge in [-0.15, -0.1) is 0 Å². The summed E-state index contributed by atoms with van der Waals surface area (Å²) in [6.45, 7) is 1.71. The van der Waals surface area contributed by atoms with Gasteiger partial charge in [-0.05, 0) is 19.8 Å². The normalized spacial score (nSPS) is 25.7. The van der Waals surface area contributed by atoms with Gasteiger partial charge in [0.1, 0.15) is 0 Å². The van der Waals surface area contributed by atoms with Crippen LogP contribution >= 0.6 is 0 Å². The molecule has 0 aromatic carbocycles. The lowest BCUT2D eigenvalue weighted by molar-refractivity contribution is 0.0785. The van der Waals surface area contributed by atoms with E-state index in [1.165, 1.54) is 6.92 Å². The van der Waals surface area contributed by atoms with Crippen LogP contribution in [0, 0.1) is 0 Å². The van der Waals surface area contributed by atoms with Crippen molar-refractivity contribution in [1.29, 1.82) is 0 Å². The van der Waals surface area contributed by atoms with Gasteiger partial charge >= 0.3 is 0 Å². The summed E-state index contributed by atoms with van der Waals surface area (Å²) in [4.78, 5) is 0. The van der Waals surface area contributed by atoms with Gasteiger partial charge in [-0.1, -0.05) is 0 Å². The van der Waals surface area contributed by atoms with Crippen LogP contribution in [-0.4, -0.2) is 37.5 Å². The second-order valence-corrected chi connectivity index (χ2v) is 5.27. The van der Waals surface area contributed by atoms with Crippen molar-refractivity contribution < 1.29 is 17.2 Å². The lowest BCUT2D eigenvalue weighted by Gasteiger charge is -2.22. The fourth-order valence-corrected chi connectivity index (χ4v) is 2.88. The highest BCUT2D eigenvalue weighted by molar-refractivity contribution is 7.89. The monoisotopic (exact) mass is 213 g/mol. The molecule has 0 radical (unpaired) electrons. The topological polar surface area (TPSA) is 37.4 Å². The number of rotatable bonds is 3. The van der Waals surface area contributed by atoms with E-state index in [1.807, 2.05) is 0 Å². The number of sulfonamides is 1. The maximum atomic E-state index is 12.4. The van der Waals surface area contributed by atoms with Crippen molar-refractivity contribution >= 4 is 10.0 Å². The van der Waals surface area contributed by atoms with Gasteiger partial charge in [-0.2, -0.15) is 4.31 Å². The fourth-order valence-electron chi connectivity index (χ4n) is 1.53. The molecule has 6 heteroatoms. The first-order chi connectivity index (χ1) is 5.99. The molecule has 0 unspecified atom stereocenters. The van der Waals surface area contributed by atoms with Crippen molar-refractivity contribution in [2.24, 2.45) is 0 Å². The first-order valence-corrected chi connectivity index (χ1v) is 5.87. The Hall–Kier alpha value is -0.230. The third kappa shape index (κ3) is 2.17. The Kier molecular flexibility index (Phi) is 3.23. The van der Waals surface area contributed by atoms with E-state index < -0.39 is 22.5 Å². The zero-order chi connectivity index (χ0) is 10.1. The fraction of sp³-hybridized carbons (Fsp3) is 1.00. The number of nitrogens with zero attached hydrogens (tertiary/aromatic N) is 1. The van der Waals surface area contributed by atoms with E-state index in [4.69, 9.17) is 0 Å². The summed E-state index contributed by atoms with van der Waals surface area (Å²) < 4.78 is 48.3. The average Bonchev–Trinajstić information content (AvgIpc) is 2.52. The predicted octanol–water partition coefficient (Wildman–Crippen LogP) is 1.07. The van der Waals surface area contributed by atoms with Gasteiger partial charge in [-0.25, -0.2) is 17.2 Å². The summed E-state index contributed by atoms with van der Waals surface area (Å²) >= 11 is 0. The smallest absolute Gasteiger partial charge is 0.212 e. The van der Waals surface area contributed by atoms with E-state index in [-0.39, 0.29) is 18.7 Å². The van der Waals surface area contributed by atoms with Gasteiger partial charge in [0.05, 0.1) is 11.8 Å². The quantitative estimate of drug-likeness (QED) is 0.703. The van der Waals surface area contributed by atoms with Crippen LogP contribution in [0.2, 0.25) is 0 Å². The van der Waals surface area contributed by atoms with Crippen molar-refractivity contribution in [3.63, 3.8) is 0 Å². The average molecular weight is 213 g/mol. The largest absolute Gasteiger partial charge is 0.254 e. The molecule has 1 fully saturated rings. The molecular formula is C7H13F2NO2S. The highest BCUT2D eigenvalue weighted by Crippen LogP contribution is 2.25. The van der Waals surface area contributed by atoms with Gasteiger partial charge in [0.2, 0.25) is 10.0 Å².